The van der Waals surface area contributed by atoms with Crippen LogP contribution in [0.2, 0.25) is 0 Å². The lowest BCUT2D eigenvalue weighted by atomic mass is 10.1. The first-order valence-electron chi connectivity index (χ1n) is 6.95. The Hall–Kier alpha value is -2.42. The molecule has 0 spiro atoms. The average molecular weight is 288 g/mol. The molecule has 2 fully saturated rings. The van der Waals surface area contributed by atoms with Crippen molar-refractivity contribution >= 4 is 28.7 Å². The van der Waals surface area contributed by atoms with E-state index in [1.165, 1.54) is 0 Å². The topological polar surface area (TPSA) is 116 Å². The summed E-state index contributed by atoms with van der Waals surface area (Å²) in [5.74, 6) is 1.03. The molecule has 0 aliphatic carbocycles. The van der Waals surface area contributed by atoms with Crippen LogP contribution in [0.15, 0.2) is 6.20 Å². The van der Waals surface area contributed by atoms with E-state index in [0.29, 0.717) is 12.2 Å². The van der Waals surface area contributed by atoms with Gasteiger partial charge in [-0.25, -0.2) is 0 Å². The van der Waals surface area contributed by atoms with Crippen LogP contribution in [-0.2, 0) is 4.79 Å². The predicted molar refractivity (Wildman–Crippen MR) is 76.7 cm³/mol. The Morgan fingerprint density at radius 3 is 3.10 bits per heavy atom. The number of piperazine rings is 2. The molecule has 4 heterocycles. The van der Waals surface area contributed by atoms with Crippen LogP contribution in [0.3, 0.4) is 0 Å². The van der Waals surface area contributed by atoms with Crippen molar-refractivity contribution < 1.29 is 4.79 Å². The summed E-state index contributed by atoms with van der Waals surface area (Å²) < 4.78 is 0. The first kappa shape index (κ1) is 12.3. The van der Waals surface area contributed by atoms with Crippen molar-refractivity contribution in [3.63, 3.8) is 0 Å². The minimum atomic E-state index is -0.134. The number of nitrogens with one attached hydrogen (secondary N) is 2. The Kier molecular flexibility index (Phi) is 2.67. The van der Waals surface area contributed by atoms with Crippen LogP contribution in [0.25, 0.3) is 11.0 Å². The van der Waals surface area contributed by atoms with Gasteiger partial charge in [-0.2, -0.15) is 15.1 Å². The number of hydrogen-bond acceptors (Lipinski definition) is 7. The molecule has 1 amide bonds. The molecule has 9 nitrogen and oxygen atoms in total. The zero-order valence-electron chi connectivity index (χ0n) is 11.4. The quantitative estimate of drug-likeness (QED) is 0.588. The Labute approximate surface area is 120 Å². The summed E-state index contributed by atoms with van der Waals surface area (Å²) in [5, 5.41) is 10.5. The summed E-state index contributed by atoms with van der Waals surface area (Å²) in [6.45, 7) is 3.86. The third kappa shape index (κ3) is 1.97. The lowest BCUT2D eigenvalue weighted by molar-refractivity contribution is -0.129. The molecule has 2 aromatic heterocycles. The maximum atomic E-state index is 12.0. The molecule has 0 radical (unpaired) electrons. The van der Waals surface area contributed by atoms with Crippen molar-refractivity contribution in [1.29, 1.82) is 0 Å². The van der Waals surface area contributed by atoms with Crippen LogP contribution >= 0.6 is 0 Å². The average Bonchev–Trinajstić information content (AvgIpc) is 2.94. The third-order valence-corrected chi connectivity index (χ3v) is 4.10. The van der Waals surface area contributed by atoms with Gasteiger partial charge in [-0.3, -0.25) is 14.8 Å². The van der Waals surface area contributed by atoms with Crippen LogP contribution in [-0.4, -0.2) is 69.7 Å². The number of rotatable bonds is 1. The van der Waals surface area contributed by atoms with Gasteiger partial charge in [0.15, 0.2) is 5.65 Å². The number of fused-ring (bicyclic) bond motifs is 2. The second-order valence-corrected chi connectivity index (χ2v) is 5.33. The number of carbonyl (C=O) groups is 1. The Morgan fingerprint density at radius 1 is 1.29 bits per heavy atom. The largest absolute Gasteiger partial charge is 0.368 e. The standard InChI is InChI=1S/C12H16N8O/c13-12-16-9-7(5-15-18-9)10(17-12)20-4-3-19-2-1-14-11(21)8(19)6-20/h5,8H,1-4,6H2,(H,14,21)(H3,13,15,16,17,18)/t8-/m1/s1. The fourth-order valence-electron chi connectivity index (χ4n) is 3.05. The molecule has 110 valence electrons. The molecule has 0 unspecified atom stereocenters. The van der Waals surface area contributed by atoms with E-state index in [9.17, 15) is 4.79 Å². The number of carbonyl (C=O) groups excluding carboxylic acids is 1. The summed E-state index contributed by atoms with van der Waals surface area (Å²) in [6.07, 6.45) is 1.69. The fourth-order valence-corrected chi connectivity index (χ4v) is 3.05. The van der Waals surface area contributed by atoms with Gasteiger partial charge in [-0.05, 0) is 0 Å². The van der Waals surface area contributed by atoms with E-state index in [1.54, 1.807) is 6.20 Å². The molecule has 2 aliphatic heterocycles. The van der Waals surface area contributed by atoms with Gasteiger partial charge in [0.25, 0.3) is 0 Å². The Balaban J connectivity index is 1.69. The second-order valence-electron chi connectivity index (χ2n) is 5.33. The van der Waals surface area contributed by atoms with Gasteiger partial charge >= 0.3 is 0 Å². The third-order valence-electron chi connectivity index (χ3n) is 4.10. The summed E-state index contributed by atoms with van der Waals surface area (Å²) in [7, 11) is 0. The van der Waals surface area contributed by atoms with Crippen molar-refractivity contribution in [2.45, 2.75) is 6.04 Å². The molecule has 1 atom stereocenters. The van der Waals surface area contributed by atoms with Crippen LogP contribution in [0.4, 0.5) is 11.8 Å². The molecule has 9 heteroatoms. The predicted octanol–water partition coefficient (Wildman–Crippen LogP) is -1.44. The van der Waals surface area contributed by atoms with Crippen LogP contribution in [0.5, 0.6) is 0 Å². The van der Waals surface area contributed by atoms with Crippen LogP contribution < -0.4 is 16.0 Å². The lowest BCUT2D eigenvalue weighted by Crippen LogP contribution is -2.64. The molecule has 0 saturated carbocycles. The molecule has 4 N–H and O–H groups in total. The molecule has 0 bridgehead atoms. The number of amides is 1. The highest BCUT2D eigenvalue weighted by atomic mass is 16.2. The van der Waals surface area contributed by atoms with E-state index in [0.717, 1.165) is 37.4 Å². The van der Waals surface area contributed by atoms with Gasteiger partial charge in [-0.15, -0.1) is 0 Å². The normalized spacial score (nSPS) is 23.1. The SMILES string of the molecule is Nc1nc(N2CCN3CCNC(=O)[C@H]3C2)c2cn[nH]c2n1. The van der Waals surface area contributed by atoms with Gasteiger partial charge in [0.2, 0.25) is 11.9 Å². The van der Waals surface area contributed by atoms with Gasteiger partial charge in [0.05, 0.1) is 11.6 Å². The fraction of sp³-hybridized carbons (Fsp3) is 0.500. The molecule has 0 aromatic carbocycles. The second kappa shape index (κ2) is 4.55. The highest BCUT2D eigenvalue weighted by Gasteiger charge is 2.35. The monoisotopic (exact) mass is 288 g/mol. The summed E-state index contributed by atoms with van der Waals surface area (Å²) in [6, 6.07) is -0.134. The number of nitrogens with zero attached hydrogens (tertiary/aromatic N) is 5. The zero-order valence-corrected chi connectivity index (χ0v) is 11.4. The molecule has 21 heavy (non-hydrogen) atoms. The van der Waals surface area contributed by atoms with Crippen molar-refractivity contribution in [1.82, 2.24) is 30.4 Å². The number of H-pyrrole nitrogens is 1. The lowest BCUT2D eigenvalue weighted by Gasteiger charge is -2.43. The van der Waals surface area contributed by atoms with Crippen LogP contribution in [0.1, 0.15) is 0 Å². The van der Waals surface area contributed by atoms with E-state index in [-0.39, 0.29) is 17.9 Å². The number of nitrogens with two attached hydrogens (primary N) is 1. The molecular formula is C12H16N8O. The smallest absolute Gasteiger partial charge is 0.239 e. The number of aromatic nitrogens is 4. The maximum absolute atomic E-state index is 12.0. The Bertz CT molecular complexity index is 698. The van der Waals surface area contributed by atoms with Crippen molar-refractivity contribution in [2.75, 3.05) is 43.4 Å². The minimum absolute atomic E-state index is 0.0800. The number of anilines is 2. The molecule has 2 saturated heterocycles. The van der Waals surface area contributed by atoms with Gasteiger partial charge in [0, 0.05) is 32.7 Å². The van der Waals surface area contributed by atoms with Crippen LogP contribution in [0, 0.1) is 0 Å². The first-order valence-corrected chi connectivity index (χ1v) is 6.95. The van der Waals surface area contributed by atoms with Crippen molar-refractivity contribution in [3.8, 4) is 0 Å². The van der Waals surface area contributed by atoms with Gasteiger partial charge < -0.3 is 16.0 Å². The van der Waals surface area contributed by atoms with E-state index >= 15 is 0 Å². The van der Waals surface area contributed by atoms with E-state index in [1.807, 2.05) is 0 Å². The molecule has 2 aliphatic rings. The number of hydrogen-bond donors (Lipinski definition) is 3. The van der Waals surface area contributed by atoms with Crippen molar-refractivity contribution in [3.05, 3.63) is 6.20 Å². The summed E-state index contributed by atoms with van der Waals surface area (Å²) in [4.78, 5) is 24.8. The molecule has 4 rings (SSSR count). The minimum Gasteiger partial charge on any atom is -0.368 e. The number of aromatic amines is 1. The maximum Gasteiger partial charge on any atom is 0.239 e. The Morgan fingerprint density at radius 2 is 2.19 bits per heavy atom. The molecular weight excluding hydrogens is 272 g/mol. The van der Waals surface area contributed by atoms with Gasteiger partial charge in [0.1, 0.15) is 11.9 Å². The highest BCUT2D eigenvalue weighted by Crippen LogP contribution is 2.25. The number of nitrogen functional groups attached to an aromatic ring is 1. The first-order chi connectivity index (χ1) is 10.2. The highest BCUT2D eigenvalue weighted by molar-refractivity contribution is 5.88. The van der Waals surface area contributed by atoms with E-state index in [4.69, 9.17) is 5.73 Å². The van der Waals surface area contributed by atoms with Crippen molar-refractivity contribution in [2.24, 2.45) is 0 Å². The summed E-state index contributed by atoms with van der Waals surface area (Å²) in [5.41, 5.74) is 6.38. The zero-order chi connectivity index (χ0) is 14.4. The summed E-state index contributed by atoms with van der Waals surface area (Å²) >= 11 is 0. The van der Waals surface area contributed by atoms with E-state index < -0.39 is 0 Å². The van der Waals surface area contributed by atoms with E-state index in [2.05, 4.69) is 35.3 Å². The molecule has 2 aromatic rings. The van der Waals surface area contributed by atoms with Gasteiger partial charge in [-0.1, -0.05) is 0 Å².